The molecule has 4 atom stereocenters. The van der Waals surface area contributed by atoms with Gasteiger partial charge < -0.3 is 18.9 Å². The molecule has 1 heterocycles. The minimum atomic E-state index is -0.810. The van der Waals surface area contributed by atoms with Gasteiger partial charge in [0.15, 0.2) is 0 Å². The fourth-order valence-corrected chi connectivity index (χ4v) is 1.66. The Bertz CT molecular complexity index is 178. The van der Waals surface area contributed by atoms with Crippen LogP contribution >= 0.6 is 22.6 Å². The Balaban J connectivity index is 2.72. The van der Waals surface area contributed by atoms with E-state index in [1.54, 1.807) is 21.1 Å². The van der Waals surface area contributed by atoms with Gasteiger partial charge in [-0.1, -0.05) is 0 Å². The van der Waals surface area contributed by atoms with Gasteiger partial charge in [0.2, 0.25) is 12.1 Å². The Morgan fingerprint density at radius 3 is 2.46 bits per heavy atom. The number of ether oxygens (including phenoxy) is 4. The van der Waals surface area contributed by atoms with Crippen LogP contribution in [0.15, 0.2) is 0 Å². The molecule has 5 heteroatoms. The summed E-state index contributed by atoms with van der Waals surface area (Å²) in [6.07, 6.45) is -0.479. The SMILES string of the molecule is CO[C@@H]1OC(I)C(C)O[C@@]1(C)OC. The molecule has 2 unspecified atom stereocenters. The second kappa shape index (κ2) is 4.39. The summed E-state index contributed by atoms with van der Waals surface area (Å²) in [5.41, 5.74) is 0. The first-order chi connectivity index (χ1) is 6.03. The van der Waals surface area contributed by atoms with Gasteiger partial charge in [0.1, 0.15) is 4.11 Å². The van der Waals surface area contributed by atoms with E-state index in [1.807, 2.05) is 6.92 Å². The Labute approximate surface area is 92.0 Å². The lowest BCUT2D eigenvalue weighted by Gasteiger charge is -2.43. The van der Waals surface area contributed by atoms with Crippen molar-refractivity contribution in [1.82, 2.24) is 0 Å². The van der Waals surface area contributed by atoms with Crippen molar-refractivity contribution in [3.8, 4) is 0 Å². The summed E-state index contributed by atoms with van der Waals surface area (Å²) in [6.45, 7) is 3.75. The van der Waals surface area contributed by atoms with E-state index in [-0.39, 0.29) is 10.2 Å². The molecule has 78 valence electrons. The van der Waals surface area contributed by atoms with E-state index in [9.17, 15) is 0 Å². The molecule has 0 bridgehead atoms. The van der Waals surface area contributed by atoms with Crippen molar-refractivity contribution in [3.05, 3.63) is 0 Å². The van der Waals surface area contributed by atoms with Crippen molar-refractivity contribution in [2.45, 2.75) is 36.1 Å². The third-order valence-corrected chi connectivity index (χ3v) is 3.40. The summed E-state index contributed by atoms with van der Waals surface area (Å²) in [4.78, 5) is 0. The largest absolute Gasteiger partial charge is 0.351 e. The van der Waals surface area contributed by atoms with E-state index in [2.05, 4.69) is 22.6 Å². The van der Waals surface area contributed by atoms with Crippen LogP contribution in [0, 0.1) is 0 Å². The average Bonchev–Trinajstić information content (AvgIpc) is 2.11. The first-order valence-corrected chi connectivity index (χ1v) is 5.33. The van der Waals surface area contributed by atoms with Crippen LogP contribution in [0.5, 0.6) is 0 Å². The van der Waals surface area contributed by atoms with Crippen LogP contribution < -0.4 is 0 Å². The molecule has 1 rings (SSSR count). The van der Waals surface area contributed by atoms with Gasteiger partial charge in [-0.05, 0) is 36.4 Å². The van der Waals surface area contributed by atoms with Crippen LogP contribution in [0.3, 0.4) is 0 Å². The highest BCUT2D eigenvalue weighted by Gasteiger charge is 2.45. The van der Waals surface area contributed by atoms with E-state index < -0.39 is 12.1 Å². The smallest absolute Gasteiger partial charge is 0.217 e. The summed E-state index contributed by atoms with van der Waals surface area (Å²) < 4.78 is 21.6. The molecule has 0 aliphatic carbocycles. The van der Waals surface area contributed by atoms with Gasteiger partial charge in [0.25, 0.3) is 0 Å². The predicted octanol–water partition coefficient (Wildman–Crippen LogP) is 1.52. The van der Waals surface area contributed by atoms with Gasteiger partial charge in [-0.2, -0.15) is 0 Å². The Kier molecular flexibility index (Phi) is 3.94. The average molecular weight is 302 g/mol. The fraction of sp³-hybridized carbons (Fsp3) is 1.00. The van der Waals surface area contributed by atoms with Gasteiger partial charge in [-0.25, -0.2) is 0 Å². The summed E-state index contributed by atoms with van der Waals surface area (Å²) in [6, 6.07) is 0. The molecule has 0 saturated carbocycles. The number of hydrogen-bond donors (Lipinski definition) is 0. The van der Waals surface area contributed by atoms with Crippen molar-refractivity contribution in [2.24, 2.45) is 0 Å². The number of rotatable bonds is 2. The summed E-state index contributed by atoms with van der Waals surface area (Å²) in [5, 5.41) is 0. The Morgan fingerprint density at radius 1 is 1.38 bits per heavy atom. The van der Waals surface area contributed by atoms with Crippen molar-refractivity contribution < 1.29 is 18.9 Å². The zero-order valence-electron chi connectivity index (χ0n) is 8.24. The van der Waals surface area contributed by atoms with E-state index >= 15 is 0 Å². The number of halogens is 1. The lowest BCUT2D eigenvalue weighted by atomic mass is 10.2. The molecule has 0 amide bonds. The van der Waals surface area contributed by atoms with E-state index in [4.69, 9.17) is 18.9 Å². The van der Waals surface area contributed by atoms with Crippen LogP contribution in [0.2, 0.25) is 0 Å². The maximum absolute atomic E-state index is 5.66. The normalized spacial score (nSPS) is 46.4. The first kappa shape index (κ1) is 11.6. The van der Waals surface area contributed by atoms with Crippen molar-refractivity contribution in [1.29, 1.82) is 0 Å². The molecule has 1 aliphatic heterocycles. The zero-order valence-corrected chi connectivity index (χ0v) is 10.4. The Morgan fingerprint density at radius 2 is 2.00 bits per heavy atom. The molecule has 0 aromatic rings. The molecule has 0 radical (unpaired) electrons. The molecule has 0 N–H and O–H groups in total. The minimum Gasteiger partial charge on any atom is -0.351 e. The molecule has 4 nitrogen and oxygen atoms in total. The summed E-state index contributed by atoms with van der Waals surface area (Å²) in [5.74, 6) is -0.810. The van der Waals surface area contributed by atoms with Crippen LogP contribution in [0.1, 0.15) is 13.8 Å². The van der Waals surface area contributed by atoms with Crippen molar-refractivity contribution in [3.63, 3.8) is 0 Å². The number of hydrogen-bond acceptors (Lipinski definition) is 4. The summed E-state index contributed by atoms with van der Waals surface area (Å²) in [7, 11) is 3.15. The van der Waals surface area contributed by atoms with Gasteiger partial charge >= 0.3 is 0 Å². The molecule has 0 spiro atoms. The highest BCUT2D eigenvalue weighted by Crippen LogP contribution is 2.32. The monoisotopic (exact) mass is 302 g/mol. The highest BCUT2D eigenvalue weighted by atomic mass is 127. The zero-order chi connectivity index (χ0) is 10.1. The standard InChI is InChI=1S/C8H15IO4/c1-5-6(9)12-7(10-3)8(2,11-4)13-5/h5-7H,1-4H3/t5?,6?,7-,8-/m1/s1. The van der Waals surface area contributed by atoms with Gasteiger partial charge in [-0.15, -0.1) is 0 Å². The molecule has 13 heavy (non-hydrogen) atoms. The van der Waals surface area contributed by atoms with Crippen LogP contribution in [-0.4, -0.2) is 36.5 Å². The number of methoxy groups -OCH3 is 2. The van der Waals surface area contributed by atoms with Crippen LogP contribution in [0.25, 0.3) is 0 Å². The predicted molar refractivity (Wildman–Crippen MR) is 55.7 cm³/mol. The van der Waals surface area contributed by atoms with Crippen LogP contribution in [-0.2, 0) is 18.9 Å². The van der Waals surface area contributed by atoms with E-state index in [0.29, 0.717) is 0 Å². The lowest BCUT2D eigenvalue weighted by Crippen LogP contribution is -2.55. The van der Waals surface area contributed by atoms with Crippen LogP contribution in [0.4, 0.5) is 0 Å². The maximum Gasteiger partial charge on any atom is 0.217 e. The van der Waals surface area contributed by atoms with Gasteiger partial charge in [0.05, 0.1) is 6.10 Å². The number of alkyl halides is 1. The molecule has 0 aromatic heterocycles. The molecule has 1 saturated heterocycles. The summed E-state index contributed by atoms with van der Waals surface area (Å²) >= 11 is 2.17. The minimum absolute atomic E-state index is 0.00282. The second-order valence-electron chi connectivity index (χ2n) is 3.10. The quantitative estimate of drug-likeness (QED) is 0.572. The highest BCUT2D eigenvalue weighted by molar-refractivity contribution is 14.1. The third-order valence-electron chi connectivity index (χ3n) is 2.09. The van der Waals surface area contributed by atoms with Gasteiger partial charge in [0, 0.05) is 14.2 Å². The molecule has 0 aromatic carbocycles. The first-order valence-electron chi connectivity index (χ1n) is 4.09. The molecular formula is C8H15IO4. The van der Waals surface area contributed by atoms with E-state index in [0.717, 1.165) is 0 Å². The third kappa shape index (κ3) is 2.33. The Hall–Kier alpha value is 0.570. The maximum atomic E-state index is 5.66. The van der Waals surface area contributed by atoms with E-state index in [1.165, 1.54) is 0 Å². The molecule has 1 aliphatic rings. The fourth-order valence-electron chi connectivity index (χ4n) is 1.24. The topological polar surface area (TPSA) is 36.9 Å². The van der Waals surface area contributed by atoms with Gasteiger partial charge in [-0.3, -0.25) is 0 Å². The second-order valence-corrected chi connectivity index (χ2v) is 4.33. The lowest BCUT2D eigenvalue weighted by molar-refractivity contribution is -0.384. The van der Waals surface area contributed by atoms with Crippen molar-refractivity contribution in [2.75, 3.05) is 14.2 Å². The molecular weight excluding hydrogens is 287 g/mol. The molecule has 1 fully saturated rings. The van der Waals surface area contributed by atoms with Crippen molar-refractivity contribution >= 4 is 22.6 Å².